The predicted molar refractivity (Wildman–Crippen MR) is 136 cm³/mol. The Bertz CT molecular complexity index is 1300. The van der Waals surface area contributed by atoms with Crippen LogP contribution >= 0.6 is 0 Å². The van der Waals surface area contributed by atoms with Gasteiger partial charge in [0.05, 0.1) is 16.8 Å². The first-order chi connectivity index (χ1) is 16.9. The molecule has 1 N–H and O–H groups in total. The van der Waals surface area contributed by atoms with E-state index in [1.165, 1.54) is 0 Å². The molecular formula is C29H30N2O4. The molecule has 0 saturated carbocycles. The summed E-state index contributed by atoms with van der Waals surface area (Å²) in [5, 5.41) is 10.3. The maximum Gasteiger partial charge on any atom is 0.339 e. The van der Waals surface area contributed by atoms with Crippen molar-refractivity contribution >= 4 is 34.4 Å². The molecule has 1 amide bonds. The Hall–Kier alpha value is -3.67. The molecule has 2 aliphatic rings. The van der Waals surface area contributed by atoms with Crippen molar-refractivity contribution in [2.45, 2.75) is 33.1 Å². The molecule has 2 unspecified atom stereocenters. The second kappa shape index (κ2) is 9.53. The quantitative estimate of drug-likeness (QED) is 0.538. The van der Waals surface area contributed by atoms with Gasteiger partial charge in [-0.2, -0.15) is 0 Å². The van der Waals surface area contributed by atoms with Crippen molar-refractivity contribution in [1.82, 2.24) is 9.88 Å². The molecule has 1 aliphatic heterocycles. The standard InChI is InChI=1S/C29H30N2O4/c1-18-13-19(2)16-31(15-18)26(33)17-35-29(34)27-23-5-3-4-6-25(23)30-28-21(9-12-24(27)28)14-20-7-10-22(32)11-8-20/h3-8,10-11,14,18-19,32H,9,12-13,15-17H2,1-2H3/b21-14+. The lowest BCUT2D eigenvalue weighted by Gasteiger charge is -2.34. The number of rotatable bonds is 4. The number of hydrogen-bond acceptors (Lipinski definition) is 5. The Labute approximate surface area is 205 Å². The summed E-state index contributed by atoms with van der Waals surface area (Å²) < 4.78 is 5.61. The Kier molecular flexibility index (Phi) is 6.29. The number of carbonyl (C=O) groups excluding carboxylic acids is 2. The molecule has 2 heterocycles. The summed E-state index contributed by atoms with van der Waals surface area (Å²) in [5.74, 6) is 0.502. The summed E-state index contributed by atoms with van der Waals surface area (Å²) in [7, 11) is 0. The number of aromatic nitrogens is 1. The summed E-state index contributed by atoms with van der Waals surface area (Å²) in [6.07, 6.45) is 4.59. The summed E-state index contributed by atoms with van der Waals surface area (Å²) >= 11 is 0. The first-order valence-electron chi connectivity index (χ1n) is 12.3. The monoisotopic (exact) mass is 470 g/mol. The van der Waals surface area contributed by atoms with E-state index in [9.17, 15) is 14.7 Å². The fraction of sp³-hybridized carbons (Fsp3) is 0.345. The number of phenolic OH excluding ortho intramolecular Hbond substituents is 1. The van der Waals surface area contributed by atoms with Gasteiger partial charge in [-0.15, -0.1) is 0 Å². The van der Waals surface area contributed by atoms with Crippen molar-refractivity contribution in [3.8, 4) is 5.75 Å². The van der Waals surface area contributed by atoms with E-state index < -0.39 is 5.97 Å². The zero-order valence-corrected chi connectivity index (χ0v) is 20.2. The molecule has 6 heteroatoms. The highest BCUT2D eigenvalue weighted by atomic mass is 16.5. The van der Waals surface area contributed by atoms with E-state index in [-0.39, 0.29) is 18.3 Å². The topological polar surface area (TPSA) is 79.7 Å². The number of pyridine rings is 1. The van der Waals surface area contributed by atoms with Gasteiger partial charge in [0.2, 0.25) is 0 Å². The molecule has 0 spiro atoms. The van der Waals surface area contributed by atoms with Gasteiger partial charge in [-0.3, -0.25) is 4.79 Å². The van der Waals surface area contributed by atoms with Crippen LogP contribution in [0.2, 0.25) is 0 Å². The highest BCUT2D eigenvalue weighted by Gasteiger charge is 2.29. The van der Waals surface area contributed by atoms with E-state index in [4.69, 9.17) is 9.72 Å². The minimum absolute atomic E-state index is 0.139. The van der Waals surface area contributed by atoms with Crippen LogP contribution < -0.4 is 0 Å². The van der Waals surface area contributed by atoms with Gasteiger partial charge in [-0.05, 0) is 72.1 Å². The smallest absolute Gasteiger partial charge is 0.339 e. The van der Waals surface area contributed by atoms with Gasteiger partial charge in [0.1, 0.15) is 5.75 Å². The van der Waals surface area contributed by atoms with Gasteiger partial charge in [-0.1, -0.05) is 44.2 Å². The highest BCUT2D eigenvalue weighted by Crippen LogP contribution is 2.38. The Morgan fingerprint density at radius 2 is 1.77 bits per heavy atom. The van der Waals surface area contributed by atoms with Crippen LogP contribution in [0.1, 0.15) is 53.9 Å². The van der Waals surface area contributed by atoms with Gasteiger partial charge in [0.15, 0.2) is 6.61 Å². The molecule has 6 nitrogen and oxygen atoms in total. The number of hydrogen-bond donors (Lipinski definition) is 1. The summed E-state index contributed by atoms with van der Waals surface area (Å²) in [6.45, 7) is 5.47. The van der Waals surface area contributed by atoms with Crippen LogP contribution in [-0.2, 0) is 16.0 Å². The molecule has 2 atom stereocenters. The van der Waals surface area contributed by atoms with Crippen LogP contribution in [0.4, 0.5) is 0 Å². The minimum atomic E-state index is -0.475. The average Bonchev–Trinajstić information content (AvgIpc) is 3.23. The number of amides is 1. The molecule has 0 bridgehead atoms. The number of nitrogens with zero attached hydrogens (tertiary/aromatic N) is 2. The Morgan fingerprint density at radius 1 is 1.06 bits per heavy atom. The first-order valence-corrected chi connectivity index (χ1v) is 12.3. The fourth-order valence-corrected chi connectivity index (χ4v) is 5.44. The number of fused-ring (bicyclic) bond motifs is 2. The number of phenols is 1. The van der Waals surface area contributed by atoms with Crippen LogP contribution in [0, 0.1) is 11.8 Å². The second-order valence-corrected chi connectivity index (χ2v) is 9.91. The normalized spacial score (nSPS) is 20.7. The molecule has 1 aliphatic carbocycles. The Morgan fingerprint density at radius 3 is 2.51 bits per heavy atom. The predicted octanol–water partition coefficient (Wildman–Crippen LogP) is 5.09. The van der Waals surface area contributed by atoms with Crippen LogP contribution in [0.15, 0.2) is 48.5 Å². The van der Waals surface area contributed by atoms with Crippen molar-refractivity contribution in [2.24, 2.45) is 11.8 Å². The number of aromatic hydroxyl groups is 1. The maximum atomic E-state index is 13.4. The van der Waals surface area contributed by atoms with Crippen molar-refractivity contribution in [3.63, 3.8) is 0 Å². The lowest BCUT2D eigenvalue weighted by atomic mass is 9.92. The number of esters is 1. The molecule has 35 heavy (non-hydrogen) atoms. The van der Waals surface area contributed by atoms with Crippen LogP contribution in [0.25, 0.3) is 22.6 Å². The zero-order chi connectivity index (χ0) is 24.5. The van der Waals surface area contributed by atoms with Gasteiger partial charge < -0.3 is 14.7 Å². The first kappa shape index (κ1) is 23.1. The number of carbonyl (C=O) groups is 2. The minimum Gasteiger partial charge on any atom is -0.508 e. The number of allylic oxidation sites excluding steroid dienone is 1. The molecule has 1 fully saturated rings. The van der Waals surface area contributed by atoms with Gasteiger partial charge in [-0.25, -0.2) is 9.78 Å². The van der Waals surface area contributed by atoms with E-state index in [1.807, 2.05) is 47.4 Å². The molecule has 2 aromatic carbocycles. The van der Waals surface area contributed by atoms with Gasteiger partial charge in [0, 0.05) is 18.5 Å². The number of likely N-dealkylation sites (tertiary alicyclic amines) is 1. The van der Waals surface area contributed by atoms with Crippen molar-refractivity contribution in [1.29, 1.82) is 0 Å². The van der Waals surface area contributed by atoms with Gasteiger partial charge >= 0.3 is 5.97 Å². The average molecular weight is 471 g/mol. The molecule has 180 valence electrons. The lowest BCUT2D eigenvalue weighted by molar-refractivity contribution is -0.137. The molecule has 0 radical (unpaired) electrons. The second-order valence-electron chi connectivity index (χ2n) is 9.91. The van der Waals surface area contributed by atoms with E-state index in [2.05, 4.69) is 13.8 Å². The van der Waals surface area contributed by atoms with Crippen molar-refractivity contribution in [2.75, 3.05) is 19.7 Å². The third-order valence-corrected chi connectivity index (χ3v) is 6.93. The molecule has 3 aromatic rings. The molecular weight excluding hydrogens is 440 g/mol. The number of benzene rings is 2. The van der Waals surface area contributed by atoms with Gasteiger partial charge in [0.25, 0.3) is 5.91 Å². The largest absolute Gasteiger partial charge is 0.508 e. The van der Waals surface area contributed by atoms with Crippen molar-refractivity contribution < 1.29 is 19.4 Å². The van der Waals surface area contributed by atoms with Crippen LogP contribution in [0.5, 0.6) is 5.75 Å². The van der Waals surface area contributed by atoms with E-state index in [0.717, 1.165) is 46.1 Å². The Balaban J connectivity index is 1.43. The number of para-hydroxylation sites is 1. The summed E-state index contributed by atoms with van der Waals surface area (Å²) in [4.78, 5) is 32.9. The van der Waals surface area contributed by atoms with E-state index in [0.29, 0.717) is 36.9 Å². The number of piperidine rings is 1. The van der Waals surface area contributed by atoms with Crippen molar-refractivity contribution in [3.05, 3.63) is 70.9 Å². The zero-order valence-electron chi connectivity index (χ0n) is 20.2. The molecule has 1 aromatic heterocycles. The van der Waals surface area contributed by atoms with E-state index in [1.54, 1.807) is 12.1 Å². The number of ether oxygens (including phenoxy) is 1. The maximum absolute atomic E-state index is 13.4. The summed E-state index contributed by atoms with van der Waals surface area (Å²) in [5.41, 5.74) is 4.90. The third kappa shape index (κ3) is 4.78. The fourth-order valence-electron chi connectivity index (χ4n) is 5.44. The van der Waals surface area contributed by atoms with Crippen LogP contribution in [-0.4, -0.2) is 46.6 Å². The SMILES string of the molecule is CC1CC(C)CN(C(=O)COC(=O)c2c3c(nc4ccccc24)/C(=C/c2ccc(O)cc2)CC3)C1. The third-order valence-electron chi connectivity index (χ3n) is 6.93. The molecule has 5 rings (SSSR count). The lowest BCUT2D eigenvalue weighted by Crippen LogP contribution is -2.44. The van der Waals surface area contributed by atoms with E-state index >= 15 is 0 Å². The molecule has 1 saturated heterocycles. The summed E-state index contributed by atoms with van der Waals surface area (Å²) in [6, 6.07) is 14.6. The highest BCUT2D eigenvalue weighted by molar-refractivity contribution is 6.07. The van der Waals surface area contributed by atoms with Crippen LogP contribution in [0.3, 0.4) is 0 Å².